The summed E-state index contributed by atoms with van der Waals surface area (Å²) in [5.74, 6) is -0.695. The second-order valence-electron chi connectivity index (χ2n) is 7.42. The molecule has 4 nitrogen and oxygen atoms in total. The monoisotopic (exact) mass is 339 g/mol. The average Bonchev–Trinajstić information content (AvgIpc) is 2.51. The maximum Gasteiger partial charge on any atom is 1.00 e. The summed E-state index contributed by atoms with van der Waals surface area (Å²) in [6, 6.07) is 9.17. The Morgan fingerprint density at radius 1 is 1.29 bits per heavy atom. The summed E-state index contributed by atoms with van der Waals surface area (Å²) >= 11 is 0. The van der Waals surface area contributed by atoms with Crippen LogP contribution in [0, 0.1) is 5.92 Å². The van der Waals surface area contributed by atoms with Gasteiger partial charge in [-0.05, 0) is 42.7 Å². The smallest absolute Gasteiger partial charge is 0.550 e. The Bertz CT molecular complexity index is 552. The fraction of sp³-hybridized carbons (Fsp3) is 0.632. The van der Waals surface area contributed by atoms with Crippen LogP contribution in [0.1, 0.15) is 56.6 Å². The molecule has 5 heteroatoms. The molecule has 1 saturated heterocycles. The summed E-state index contributed by atoms with van der Waals surface area (Å²) in [4.78, 5) is 10.9. The molecule has 1 aromatic carbocycles. The summed E-state index contributed by atoms with van der Waals surface area (Å²) in [7, 11) is 0. The van der Waals surface area contributed by atoms with E-state index in [-0.39, 0.29) is 41.1 Å². The molecule has 2 aliphatic rings. The fourth-order valence-corrected chi connectivity index (χ4v) is 3.77. The van der Waals surface area contributed by atoms with Crippen LogP contribution >= 0.6 is 0 Å². The van der Waals surface area contributed by atoms with E-state index in [2.05, 4.69) is 43.4 Å². The third-order valence-electron chi connectivity index (χ3n) is 5.30. The van der Waals surface area contributed by atoms with Crippen LogP contribution in [-0.4, -0.2) is 24.2 Å². The summed E-state index contributed by atoms with van der Waals surface area (Å²) < 4.78 is 5.88. The number of carboxylic acids is 1. The molecule has 1 unspecified atom stereocenters. The van der Waals surface area contributed by atoms with Crippen LogP contribution in [0.4, 0.5) is 0 Å². The van der Waals surface area contributed by atoms with Crippen molar-refractivity contribution in [3.8, 4) is 0 Å². The summed E-state index contributed by atoms with van der Waals surface area (Å²) in [6.45, 7) is 5.97. The maximum atomic E-state index is 10.9. The van der Waals surface area contributed by atoms with Crippen molar-refractivity contribution in [1.82, 2.24) is 5.32 Å². The molecular formula is C19H26NNaO3. The van der Waals surface area contributed by atoms with Crippen LogP contribution in [0.25, 0.3) is 0 Å². The zero-order valence-electron chi connectivity index (χ0n) is 15.0. The molecule has 126 valence electrons. The average molecular weight is 339 g/mol. The van der Waals surface area contributed by atoms with Crippen LogP contribution in [-0.2, 0) is 16.1 Å². The summed E-state index contributed by atoms with van der Waals surface area (Å²) in [5, 5.41) is 14.5. The zero-order chi connectivity index (χ0) is 16.4. The van der Waals surface area contributed by atoms with Crippen molar-refractivity contribution < 1.29 is 44.2 Å². The minimum absolute atomic E-state index is 0. The molecule has 0 aromatic heterocycles. The number of carboxylic acid groups (broad SMARTS) is 1. The number of aliphatic carboxylic acids is 1. The first-order valence-electron chi connectivity index (χ1n) is 8.64. The van der Waals surface area contributed by atoms with Crippen LogP contribution in [0.5, 0.6) is 0 Å². The quantitative estimate of drug-likeness (QED) is 0.698. The molecule has 0 amide bonds. The molecule has 24 heavy (non-hydrogen) atoms. The van der Waals surface area contributed by atoms with Gasteiger partial charge in [0.2, 0.25) is 0 Å². The normalized spacial score (nSPS) is 29.1. The van der Waals surface area contributed by atoms with Gasteiger partial charge in [0.25, 0.3) is 0 Å². The standard InChI is InChI=1S/C19H27NO3.Na/c1-13(2)15-5-3-14(4-6-15)12-20-17-7-8-23-19(11-17)9-16(10-19)18(21)22;/h3-6,13,16-17,20H,7-12H2,1-2H3,(H,21,22);/q;+1/p-1. The van der Waals surface area contributed by atoms with E-state index in [9.17, 15) is 9.90 Å². The second kappa shape index (κ2) is 8.33. The number of rotatable bonds is 5. The molecule has 1 aliphatic carbocycles. The fourth-order valence-electron chi connectivity index (χ4n) is 3.77. The van der Waals surface area contributed by atoms with Gasteiger partial charge in [0.05, 0.1) is 5.60 Å². The molecule has 1 spiro atoms. The van der Waals surface area contributed by atoms with Crippen molar-refractivity contribution in [2.24, 2.45) is 5.92 Å². The van der Waals surface area contributed by atoms with Crippen molar-refractivity contribution in [3.05, 3.63) is 35.4 Å². The van der Waals surface area contributed by atoms with Gasteiger partial charge in [-0.15, -0.1) is 0 Å². The molecule has 1 N–H and O–H groups in total. The van der Waals surface area contributed by atoms with Crippen LogP contribution in [0.3, 0.4) is 0 Å². The molecule has 1 saturated carbocycles. The van der Waals surface area contributed by atoms with Crippen molar-refractivity contribution in [2.45, 2.75) is 63.6 Å². The molecule has 1 aromatic rings. The van der Waals surface area contributed by atoms with Crippen LogP contribution < -0.4 is 40.0 Å². The Morgan fingerprint density at radius 3 is 2.54 bits per heavy atom. The van der Waals surface area contributed by atoms with E-state index < -0.39 is 5.97 Å². The molecule has 0 radical (unpaired) electrons. The molecule has 1 heterocycles. The number of carbonyl (C=O) groups excluding carboxylic acids is 1. The van der Waals surface area contributed by atoms with Gasteiger partial charge in [0, 0.05) is 31.1 Å². The van der Waals surface area contributed by atoms with Crippen molar-refractivity contribution >= 4 is 5.97 Å². The van der Waals surface area contributed by atoms with Gasteiger partial charge in [0.15, 0.2) is 0 Å². The Labute approximate surface area is 166 Å². The molecule has 3 rings (SSSR count). The Morgan fingerprint density at radius 2 is 1.96 bits per heavy atom. The third-order valence-corrected chi connectivity index (χ3v) is 5.30. The SMILES string of the molecule is CC(C)c1ccc(CNC2CCOC3(C2)CC(C(=O)[O-])C3)cc1.[Na+]. The minimum atomic E-state index is -0.931. The number of carbonyl (C=O) groups is 1. The van der Waals surface area contributed by atoms with Gasteiger partial charge in [0.1, 0.15) is 0 Å². The van der Waals surface area contributed by atoms with E-state index in [0.29, 0.717) is 31.4 Å². The van der Waals surface area contributed by atoms with E-state index in [1.165, 1.54) is 11.1 Å². The first-order chi connectivity index (χ1) is 11.0. The number of benzene rings is 1. The van der Waals surface area contributed by atoms with E-state index in [1.54, 1.807) is 0 Å². The second-order valence-corrected chi connectivity index (χ2v) is 7.42. The Kier molecular flexibility index (Phi) is 6.91. The molecule has 2 fully saturated rings. The first kappa shape index (κ1) is 19.9. The molecular weight excluding hydrogens is 313 g/mol. The number of hydrogen-bond donors (Lipinski definition) is 1. The van der Waals surface area contributed by atoms with Gasteiger partial charge in [-0.25, -0.2) is 0 Å². The third kappa shape index (κ3) is 4.61. The molecule has 0 bridgehead atoms. The maximum absolute atomic E-state index is 10.9. The number of hydrogen-bond acceptors (Lipinski definition) is 4. The first-order valence-corrected chi connectivity index (χ1v) is 8.64. The molecule has 1 atom stereocenters. The Hall–Kier alpha value is -0.390. The number of nitrogens with one attached hydrogen (secondary N) is 1. The predicted molar refractivity (Wildman–Crippen MR) is 86.8 cm³/mol. The van der Waals surface area contributed by atoms with E-state index in [1.807, 2.05) is 0 Å². The van der Waals surface area contributed by atoms with Crippen molar-refractivity contribution in [3.63, 3.8) is 0 Å². The zero-order valence-corrected chi connectivity index (χ0v) is 17.0. The Balaban J connectivity index is 0.00000208. The largest absolute Gasteiger partial charge is 1.00 e. The van der Waals surface area contributed by atoms with Gasteiger partial charge in [-0.1, -0.05) is 38.1 Å². The predicted octanol–water partition coefficient (Wildman–Crippen LogP) is -1.02. The van der Waals surface area contributed by atoms with Crippen molar-refractivity contribution in [2.75, 3.05) is 6.61 Å². The van der Waals surface area contributed by atoms with Gasteiger partial charge in [-0.2, -0.15) is 0 Å². The van der Waals surface area contributed by atoms with E-state index in [4.69, 9.17) is 4.74 Å². The van der Waals surface area contributed by atoms with Gasteiger partial charge < -0.3 is 20.0 Å². The number of ether oxygens (including phenoxy) is 1. The van der Waals surface area contributed by atoms with Crippen LogP contribution in [0.15, 0.2) is 24.3 Å². The van der Waals surface area contributed by atoms with Gasteiger partial charge in [-0.3, -0.25) is 0 Å². The summed E-state index contributed by atoms with van der Waals surface area (Å²) in [6.07, 6.45) is 3.11. The minimum Gasteiger partial charge on any atom is -0.550 e. The topological polar surface area (TPSA) is 61.4 Å². The van der Waals surface area contributed by atoms with E-state index >= 15 is 0 Å². The van der Waals surface area contributed by atoms with Crippen molar-refractivity contribution in [1.29, 1.82) is 0 Å². The van der Waals surface area contributed by atoms with Gasteiger partial charge >= 0.3 is 29.6 Å². The summed E-state index contributed by atoms with van der Waals surface area (Å²) in [5.41, 5.74) is 2.43. The van der Waals surface area contributed by atoms with Crippen LogP contribution in [0.2, 0.25) is 0 Å². The molecule has 1 aliphatic heterocycles. The van der Waals surface area contributed by atoms with E-state index in [0.717, 1.165) is 19.4 Å².